The average molecular weight is 253 g/mol. The summed E-state index contributed by atoms with van der Waals surface area (Å²) in [7, 11) is 1.71. The van der Waals surface area contributed by atoms with Gasteiger partial charge in [-0.05, 0) is 53.1 Å². The van der Waals surface area contributed by atoms with E-state index in [1.807, 2.05) is 6.07 Å². The van der Waals surface area contributed by atoms with Crippen LogP contribution in [0.3, 0.4) is 0 Å². The van der Waals surface area contributed by atoms with E-state index in [0.717, 1.165) is 18.6 Å². The molecule has 0 radical (unpaired) electrons. The minimum atomic E-state index is 0.935. The molecule has 0 aliphatic heterocycles. The van der Waals surface area contributed by atoms with Crippen LogP contribution in [0.1, 0.15) is 24.5 Å². The summed E-state index contributed by atoms with van der Waals surface area (Å²) < 4.78 is 6.54. The Morgan fingerprint density at radius 3 is 2.79 bits per heavy atom. The smallest absolute Gasteiger partial charge is 0.119 e. The minimum absolute atomic E-state index is 0.935. The summed E-state index contributed by atoms with van der Waals surface area (Å²) in [6.07, 6.45) is 2.24. The largest absolute Gasteiger partial charge is 0.497 e. The maximum Gasteiger partial charge on any atom is 0.119 e. The quantitative estimate of drug-likeness (QED) is 0.740. The van der Waals surface area contributed by atoms with Crippen molar-refractivity contribution in [2.45, 2.75) is 19.8 Å². The fraction of sp³-hybridized carbons (Fsp3) is 0.333. The van der Waals surface area contributed by atoms with Crippen LogP contribution in [0.4, 0.5) is 0 Å². The van der Waals surface area contributed by atoms with E-state index in [2.05, 4.69) is 35.0 Å². The molecule has 1 aromatic rings. The first-order chi connectivity index (χ1) is 6.72. The number of ether oxygens (including phenoxy) is 1. The van der Waals surface area contributed by atoms with E-state index in [0.29, 0.717) is 0 Å². The molecule has 0 N–H and O–H groups in total. The summed E-state index contributed by atoms with van der Waals surface area (Å²) in [5.74, 6) is 0.935. The van der Waals surface area contributed by atoms with Gasteiger partial charge in [-0.15, -0.1) is 0 Å². The predicted molar refractivity (Wildman–Crippen MR) is 62.8 cm³/mol. The molecule has 0 bridgehead atoms. The highest BCUT2D eigenvalue weighted by molar-refractivity contribution is 9.11. The van der Waals surface area contributed by atoms with Crippen LogP contribution < -0.4 is 4.74 Å². The van der Waals surface area contributed by atoms with Crippen LogP contribution in [-0.2, 0) is 6.42 Å². The summed E-state index contributed by atoms with van der Waals surface area (Å²) in [6.45, 7) is 2.15. The molecule has 0 heterocycles. The van der Waals surface area contributed by atoms with Crippen molar-refractivity contribution < 1.29 is 4.74 Å². The maximum atomic E-state index is 5.23. The van der Waals surface area contributed by atoms with Gasteiger partial charge in [0.25, 0.3) is 0 Å². The van der Waals surface area contributed by atoms with Gasteiger partial charge >= 0.3 is 0 Å². The molecule has 2 rings (SSSR count). The van der Waals surface area contributed by atoms with Crippen molar-refractivity contribution in [1.29, 1.82) is 0 Å². The minimum Gasteiger partial charge on any atom is -0.497 e. The molecule has 14 heavy (non-hydrogen) atoms. The lowest BCUT2D eigenvalue weighted by Gasteiger charge is -2.18. The highest BCUT2D eigenvalue weighted by Gasteiger charge is 2.14. The van der Waals surface area contributed by atoms with Crippen molar-refractivity contribution in [3.8, 4) is 5.75 Å². The third-order valence-corrected chi connectivity index (χ3v) is 3.73. The molecule has 0 saturated carbocycles. The lowest BCUT2D eigenvalue weighted by molar-refractivity contribution is 0.414. The molecular weight excluding hydrogens is 240 g/mol. The number of methoxy groups -OCH3 is 1. The summed E-state index contributed by atoms with van der Waals surface area (Å²) in [5.41, 5.74) is 4.08. The van der Waals surface area contributed by atoms with E-state index >= 15 is 0 Å². The summed E-state index contributed by atoms with van der Waals surface area (Å²) >= 11 is 3.61. The van der Waals surface area contributed by atoms with Crippen LogP contribution >= 0.6 is 15.9 Å². The van der Waals surface area contributed by atoms with Crippen molar-refractivity contribution >= 4 is 21.5 Å². The second kappa shape index (κ2) is 3.77. The van der Waals surface area contributed by atoms with Crippen LogP contribution in [0, 0.1) is 0 Å². The van der Waals surface area contributed by atoms with Crippen LogP contribution in [0.25, 0.3) is 5.57 Å². The number of halogens is 1. The van der Waals surface area contributed by atoms with E-state index in [4.69, 9.17) is 4.74 Å². The lowest BCUT2D eigenvalue weighted by atomic mass is 9.91. The standard InChI is InChI=1S/C12H13BrO/c1-8-11-7-10(14-2)5-3-9(11)4-6-12(8)13/h3,5,7H,4,6H2,1-2H3. The van der Waals surface area contributed by atoms with Crippen LogP contribution in [0.15, 0.2) is 22.7 Å². The van der Waals surface area contributed by atoms with Crippen molar-refractivity contribution in [3.05, 3.63) is 33.8 Å². The zero-order chi connectivity index (χ0) is 10.1. The number of allylic oxidation sites excluding steroid dienone is 2. The van der Waals surface area contributed by atoms with E-state index in [-0.39, 0.29) is 0 Å². The van der Waals surface area contributed by atoms with Gasteiger partial charge in [-0.1, -0.05) is 22.0 Å². The first kappa shape index (κ1) is 9.78. The van der Waals surface area contributed by atoms with Gasteiger partial charge in [-0.25, -0.2) is 0 Å². The van der Waals surface area contributed by atoms with Gasteiger partial charge in [0.05, 0.1) is 7.11 Å². The molecule has 0 aromatic heterocycles. The second-order valence-corrected chi connectivity index (χ2v) is 4.51. The molecule has 0 saturated heterocycles. The zero-order valence-corrected chi connectivity index (χ0v) is 10.0. The van der Waals surface area contributed by atoms with Gasteiger partial charge in [0.15, 0.2) is 0 Å². The molecule has 1 nitrogen and oxygen atoms in total. The zero-order valence-electron chi connectivity index (χ0n) is 8.43. The van der Waals surface area contributed by atoms with Crippen LogP contribution in [0.5, 0.6) is 5.75 Å². The first-order valence-corrected chi connectivity index (χ1v) is 5.54. The summed E-state index contributed by atoms with van der Waals surface area (Å²) in [5, 5.41) is 0. The van der Waals surface area contributed by atoms with E-state index in [1.54, 1.807) is 7.11 Å². The van der Waals surface area contributed by atoms with Gasteiger partial charge in [-0.2, -0.15) is 0 Å². The third-order valence-electron chi connectivity index (χ3n) is 2.74. The fourth-order valence-corrected chi connectivity index (χ4v) is 2.24. The van der Waals surface area contributed by atoms with Gasteiger partial charge < -0.3 is 4.74 Å². The Bertz CT molecular complexity index is 393. The Morgan fingerprint density at radius 1 is 1.29 bits per heavy atom. The average Bonchev–Trinajstić information content (AvgIpc) is 2.23. The third kappa shape index (κ3) is 1.59. The van der Waals surface area contributed by atoms with Crippen LogP contribution in [0.2, 0.25) is 0 Å². The Labute approximate surface area is 92.9 Å². The normalized spacial score (nSPS) is 15.4. The molecule has 0 amide bonds. The molecule has 0 spiro atoms. The number of fused-ring (bicyclic) bond motifs is 1. The van der Waals surface area contributed by atoms with E-state index < -0.39 is 0 Å². The molecule has 0 unspecified atom stereocenters. The van der Waals surface area contributed by atoms with E-state index in [9.17, 15) is 0 Å². The van der Waals surface area contributed by atoms with Crippen molar-refractivity contribution in [1.82, 2.24) is 0 Å². The summed E-state index contributed by atoms with van der Waals surface area (Å²) in [4.78, 5) is 0. The first-order valence-electron chi connectivity index (χ1n) is 4.75. The van der Waals surface area contributed by atoms with Crippen molar-refractivity contribution in [2.75, 3.05) is 7.11 Å². The highest BCUT2D eigenvalue weighted by atomic mass is 79.9. The number of hydrogen-bond donors (Lipinski definition) is 0. The van der Waals surface area contributed by atoms with Gasteiger partial charge in [0.2, 0.25) is 0 Å². The van der Waals surface area contributed by atoms with Gasteiger partial charge in [-0.3, -0.25) is 0 Å². The fourth-order valence-electron chi connectivity index (χ4n) is 1.83. The second-order valence-electron chi connectivity index (χ2n) is 3.55. The number of rotatable bonds is 1. The predicted octanol–water partition coefficient (Wildman–Crippen LogP) is 3.77. The molecule has 74 valence electrons. The van der Waals surface area contributed by atoms with Gasteiger partial charge in [0, 0.05) is 0 Å². The molecular formula is C12H13BrO. The molecule has 0 fully saturated rings. The van der Waals surface area contributed by atoms with Crippen LogP contribution in [-0.4, -0.2) is 7.11 Å². The molecule has 0 atom stereocenters. The summed E-state index contributed by atoms with van der Waals surface area (Å²) in [6, 6.07) is 6.31. The van der Waals surface area contributed by atoms with E-state index in [1.165, 1.54) is 21.2 Å². The Kier molecular flexibility index (Phi) is 2.64. The highest BCUT2D eigenvalue weighted by Crippen LogP contribution is 2.35. The molecule has 2 heteroatoms. The number of aryl methyl sites for hydroxylation is 1. The molecule has 1 aliphatic rings. The maximum absolute atomic E-state index is 5.23. The Balaban J connectivity index is 2.54. The Hall–Kier alpha value is -0.760. The molecule has 1 aromatic carbocycles. The number of hydrogen-bond acceptors (Lipinski definition) is 1. The SMILES string of the molecule is COc1ccc2c(c1)C(C)=C(Br)CC2. The van der Waals surface area contributed by atoms with Crippen molar-refractivity contribution in [2.24, 2.45) is 0 Å². The van der Waals surface area contributed by atoms with Crippen molar-refractivity contribution in [3.63, 3.8) is 0 Å². The topological polar surface area (TPSA) is 9.23 Å². The molecule has 1 aliphatic carbocycles. The van der Waals surface area contributed by atoms with Gasteiger partial charge in [0.1, 0.15) is 5.75 Å². The monoisotopic (exact) mass is 252 g/mol. The lowest BCUT2D eigenvalue weighted by Crippen LogP contribution is -2.00. The number of benzene rings is 1. The Morgan fingerprint density at radius 2 is 2.07 bits per heavy atom.